The molecule has 4 aromatic rings. The van der Waals surface area contributed by atoms with Gasteiger partial charge in [-0.25, -0.2) is 4.98 Å². The van der Waals surface area contributed by atoms with E-state index in [9.17, 15) is 5.21 Å². The normalized spacial score (nSPS) is 11.6. The van der Waals surface area contributed by atoms with Crippen molar-refractivity contribution in [3.05, 3.63) is 89.5 Å². The molecule has 2 heterocycles. The molecule has 29 heavy (non-hydrogen) atoms. The molecule has 2 aromatic carbocycles. The summed E-state index contributed by atoms with van der Waals surface area (Å²) in [5.41, 5.74) is 3.50. The minimum absolute atomic E-state index is 0.252. The predicted molar refractivity (Wildman–Crippen MR) is 112 cm³/mol. The Kier molecular flexibility index (Phi) is 5.27. The van der Waals surface area contributed by atoms with Gasteiger partial charge in [0.15, 0.2) is 5.84 Å². The fraction of sp³-hybridized carbons (Fsp3) is 0.130. The summed E-state index contributed by atoms with van der Waals surface area (Å²) in [6, 6.07) is 21.3. The number of aliphatic imine (C=N–C) groups is 1. The number of rotatable bonds is 5. The molecule has 4 rings (SSSR count). The van der Waals surface area contributed by atoms with E-state index < -0.39 is 0 Å². The van der Waals surface area contributed by atoms with Gasteiger partial charge in [-0.2, -0.15) is 0 Å². The van der Waals surface area contributed by atoms with E-state index >= 15 is 0 Å². The van der Waals surface area contributed by atoms with Crippen molar-refractivity contribution in [2.75, 3.05) is 0 Å². The van der Waals surface area contributed by atoms with Crippen molar-refractivity contribution < 1.29 is 14.4 Å². The van der Waals surface area contributed by atoms with E-state index in [2.05, 4.69) is 15.5 Å². The number of aryl methyl sites for hydroxylation is 2. The number of nitrogens with zero attached hydrogens (tertiary/aromatic N) is 2. The molecule has 0 fully saturated rings. The van der Waals surface area contributed by atoms with Gasteiger partial charge in [0, 0.05) is 5.69 Å². The summed E-state index contributed by atoms with van der Waals surface area (Å²) in [6.07, 6.45) is 0. The third kappa shape index (κ3) is 4.28. The topological polar surface area (TPSA) is 79.9 Å². The number of hydrogen-bond acceptors (Lipinski definition) is 5. The number of hydrogen-bond donors (Lipinski definition) is 2. The van der Waals surface area contributed by atoms with Crippen molar-refractivity contribution in [2.45, 2.75) is 20.4 Å². The van der Waals surface area contributed by atoms with E-state index in [0.29, 0.717) is 23.0 Å². The van der Waals surface area contributed by atoms with Crippen LogP contribution in [0.15, 0.2) is 76.1 Å². The maximum absolute atomic E-state index is 9.67. The number of benzene rings is 2. The highest BCUT2D eigenvalue weighted by atomic mass is 16.5. The van der Waals surface area contributed by atoms with E-state index in [-0.39, 0.29) is 12.4 Å². The summed E-state index contributed by atoms with van der Waals surface area (Å²) in [4.78, 5) is 8.92. The molecule has 0 spiro atoms. The van der Waals surface area contributed by atoms with Crippen LogP contribution in [0.1, 0.15) is 22.8 Å². The van der Waals surface area contributed by atoms with Crippen LogP contribution in [0.25, 0.3) is 10.8 Å². The van der Waals surface area contributed by atoms with Crippen molar-refractivity contribution >= 4 is 16.6 Å². The lowest BCUT2D eigenvalue weighted by Crippen LogP contribution is -2.21. The highest BCUT2D eigenvalue weighted by Gasteiger charge is 2.14. The summed E-state index contributed by atoms with van der Waals surface area (Å²) in [6.45, 7) is 4.03. The molecule has 0 aliphatic rings. The number of furan rings is 1. The first-order valence-electron chi connectivity index (χ1n) is 9.27. The second kappa shape index (κ2) is 8.16. The lowest BCUT2D eigenvalue weighted by molar-refractivity contribution is 0.234. The van der Waals surface area contributed by atoms with E-state index in [1.54, 1.807) is 0 Å². The molecule has 0 saturated carbocycles. The molecule has 0 aliphatic heterocycles. The number of aromatic nitrogens is 1. The molecule has 6 nitrogen and oxygen atoms in total. The van der Waals surface area contributed by atoms with Crippen LogP contribution in [0.2, 0.25) is 0 Å². The van der Waals surface area contributed by atoms with Crippen LogP contribution in [-0.2, 0) is 6.54 Å². The second-order valence-corrected chi connectivity index (χ2v) is 6.71. The zero-order chi connectivity index (χ0) is 20.2. The molecule has 146 valence electrons. The van der Waals surface area contributed by atoms with Gasteiger partial charge in [0.1, 0.15) is 17.3 Å². The van der Waals surface area contributed by atoms with Crippen LogP contribution < -0.4 is 10.2 Å². The first-order chi connectivity index (χ1) is 14.1. The Hall–Kier alpha value is -3.64. The van der Waals surface area contributed by atoms with Crippen molar-refractivity contribution in [1.82, 2.24) is 10.5 Å². The highest BCUT2D eigenvalue weighted by molar-refractivity contribution is 6.00. The van der Waals surface area contributed by atoms with Gasteiger partial charge in [0.25, 0.3) is 0 Å². The van der Waals surface area contributed by atoms with Gasteiger partial charge in [-0.15, -0.1) is 0 Å². The SMILES string of the molecule is Cc1ccc(C(=NCc2ccc(C)o2)NO)c(Oc2ccc3ccccc3c2)n1. The Morgan fingerprint density at radius 3 is 2.62 bits per heavy atom. The Bertz CT molecular complexity index is 1180. The Morgan fingerprint density at radius 1 is 1.03 bits per heavy atom. The minimum Gasteiger partial charge on any atom is -0.464 e. The zero-order valence-electron chi connectivity index (χ0n) is 16.2. The summed E-state index contributed by atoms with van der Waals surface area (Å²) in [5.74, 6) is 2.78. The largest absolute Gasteiger partial charge is 0.464 e. The molecule has 0 aliphatic carbocycles. The van der Waals surface area contributed by atoms with Crippen molar-refractivity contribution in [2.24, 2.45) is 4.99 Å². The number of amidine groups is 1. The second-order valence-electron chi connectivity index (χ2n) is 6.71. The molecule has 0 bridgehead atoms. The average Bonchev–Trinajstić information content (AvgIpc) is 3.15. The first-order valence-corrected chi connectivity index (χ1v) is 9.27. The van der Waals surface area contributed by atoms with Crippen molar-refractivity contribution in [3.8, 4) is 11.6 Å². The monoisotopic (exact) mass is 387 g/mol. The molecule has 0 amide bonds. The summed E-state index contributed by atoms with van der Waals surface area (Å²) in [5, 5.41) is 11.9. The van der Waals surface area contributed by atoms with Crippen LogP contribution in [0.3, 0.4) is 0 Å². The van der Waals surface area contributed by atoms with Crippen molar-refractivity contribution in [3.63, 3.8) is 0 Å². The lowest BCUT2D eigenvalue weighted by atomic mass is 10.1. The molecular formula is C23H21N3O3. The summed E-state index contributed by atoms with van der Waals surface area (Å²) in [7, 11) is 0. The third-order valence-corrected chi connectivity index (χ3v) is 4.49. The maximum atomic E-state index is 9.67. The predicted octanol–water partition coefficient (Wildman–Crippen LogP) is 5.16. The number of fused-ring (bicyclic) bond motifs is 1. The molecule has 0 atom stereocenters. The zero-order valence-corrected chi connectivity index (χ0v) is 16.2. The summed E-state index contributed by atoms with van der Waals surface area (Å²) >= 11 is 0. The highest BCUT2D eigenvalue weighted by Crippen LogP contribution is 2.27. The maximum Gasteiger partial charge on any atom is 0.230 e. The molecule has 0 unspecified atom stereocenters. The van der Waals surface area contributed by atoms with Crippen LogP contribution in [0.4, 0.5) is 0 Å². The first kappa shape index (κ1) is 18.7. The fourth-order valence-electron chi connectivity index (χ4n) is 3.04. The van der Waals surface area contributed by atoms with Gasteiger partial charge in [-0.3, -0.25) is 15.7 Å². The van der Waals surface area contributed by atoms with E-state index in [1.807, 2.05) is 80.6 Å². The van der Waals surface area contributed by atoms with Gasteiger partial charge < -0.3 is 9.15 Å². The van der Waals surface area contributed by atoms with Crippen LogP contribution in [-0.4, -0.2) is 16.0 Å². The standard InChI is InChI=1S/C23H21N3O3/c1-15-7-12-21(22(26-27)24-14-20-10-8-16(2)28-20)23(25-15)29-19-11-9-17-5-3-4-6-18(17)13-19/h3-13,27H,14H2,1-2H3,(H,24,26). The fourth-order valence-corrected chi connectivity index (χ4v) is 3.04. The van der Waals surface area contributed by atoms with Gasteiger partial charge >= 0.3 is 0 Å². The average molecular weight is 387 g/mol. The van der Waals surface area contributed by atoms with Gasteiger partial charge in [0.05, 0.1) is 12.1 Å². The van der Waals surface area contributed by atoms with Gasteiger partial charge in [-0.05, 0) is 61.0 Å². The van der Waals surface area contributed by atoms with E-state index in [1.165, 1.54) is 0 Å². The molecule has 0 radical (unpaired) electrons. The van der Waals surface area contributed by atoms with E-state index in [4.69, 9.17) is 9.15 Å². The molecule has 6 heteroatoms. The van der Waals surface area contributed by atoms with Crippen LogP contribution in [0, 0.1) is 13.8 Å². The number of ether oxygens (including phenoxy) is 1. The van der Waals surface area contributed by atoms with Crippen molar-refractivity contribution in [1.29, 1.82) is 0 Å². The van der Waals surface area contributed by atoms with Gasteiger partial charge in [-0.1, -0.05) is 30.3 Å². The number of nitrogens with one attached hydrogen (secondary N) is 1. The van der Waals surface area contributed by atoms with Crippen LogP contribution >= 0.6 is 0 Å². The van der Waals surface area contributed by atoms with Crippen LogP contribution in [0.5, 0.6) is 11.6 Å². The Morgan fingerprint density at radius 2 is 1.86 bits per heavy atom. The Balaban J connectivity index is 1.66. The quantitative estimate of drug-likeness (QED) is 0.281. The van der Waals surface area contributed by atoms with E-state index in [0.717, 1.165) is 22.2 Å². The third-order valence-electron chi connectivity index (χ3n) is 4.49. The lowest BCUT2D eigenvalue weighted by Gasteiger charge is -2.13. The molecule has 0 saturated heterocycles. The molecule has 2 N–H and O–H groups in total. The molecular weight excluding hydrogens is 366 g/mol. The van der Waals surface area contributed by atoms with Gasteiger partial charge in [0.2, 0.25) is 5.88 Å². The number of hydroxylamine groups is 1. The minimum atomic E-state index is 0.252. The summed E-state index contributed by atoms with van der Waals surface area (Å²) < 4.78 is 11.6. The number of pyridine rings is 1. The molecule has 2 aromatic heterocycles. The smallest absolute Gasteiger partial charge is 0.230 e. The Labute approximate surface area is 168 Å².